The summed E-state index contributed by atoms with van der Waals surface area (Å²) in [6.07, 6.45) is 2.06. The van der Waals surface area contributed by atoms with Crippen molar-refractivity contribution in [2.24, 2.45) is 0 Å². The molecule has 6 heteroatoms. The number of likely N-dealkylation sites (tertiary alicyclic amines) is 1. The lowest BCUT2D eigenvalue weighted by molar-refractivity contribution is -0.131. The fourth-order valence-electron chi connectivity index (χ4n) is 3.28. The number of benzene rings is 2. The molecule has 0 aliphatic carbocycles. The second-order valence-corrected chi connectivity index (χ2v) is 6.37. The first-order chi connectivity index (χ1) is 12.7. The van der Waals surface area contributed by atoms with E-state index < -0.39 is 0 Å². The Balaban J connectivity index is 1.51. The average Bonchev–Trinajstić information content (AvgIpc) is 3.32. The highest BCUT2D eigenvalue weighted by molar-refractivity contribution is 5.79. The zero-order chi connectivity index (χ0) is 17.9. The molecule has 2 aromatic carbocycles. The molecule has 1 fully saturated rings. The van der Waals surface area contributed by atoms with Crippen molar-refractivity contribution in [1.82, 2.24) is 15.0 Å². The number of aromatic nitrogens is 2. The molecule has 3 aromatic rings. The van der Waals surface area contributed by atoms with Crippen LogP contribution in [0.3, 0.4) is 0 Å². The molecule has 1 saturated heterocycles. The van der Waals surface area contributed by atoms with Crippen LogP contribution in [0.25, 0.3) is 11.4 Å². The van der Waals surface area contributed by atoms with Gasteiger partial charge in [0, 0.05) is 12.1 Å². The third kappa shape index (κ3) is 3.35. The number of carbonyl (C=O) groups is 1. The fourth-order valence-corrected chi connectivity index (χ4v) is 3.28. The van der Waals surface area contributed by atoms with Gasteiger partial charge in [-0.2, -0.15) is 4.98 Å². The maximum Gasteiger partial charge on any atom is 0.249 e. The third-order valence-corrected chi connectivity index (χ3v) is 4.60. The summed E-state index contributed by atoms with van der Waals surface area (Å²) in [5.74, 6) is 0.580. The molecule has 1 atom stereocenters. The van der Waals surface area contributed by atoms with Gasteiger partial charge < -0.3 is 9.42 Å². The normalized spacial score (nSPS) is 16.8. The molecule has 26 heavy (non-hydrogen) atoms. The molecule has 132 valence electrons. The summed E-state index contributed by atoms with van der Waals surface area (Å²) >= 11 is 0. The van der Waals surface area contributed by atoms with E-state index in [-0.39, 0.29) is 17.8 Å². The topological polar surface area (TPSA) is 59.2 Å². The Bertz CT molecular complexity index is 893. The van der Waals surface area contributed by atoms with Crippen LogP contribution in [0.2, 0.25) is 0 Å². The average molecular weight is 351 g/mol. The van der Waals surface area contributed by atoms with E-state index in [9.17, 15) is 9.18 Å². The summed E-state index contributed by atoms with van der Waals surface area (Å²) in [4.78, 5) is 19.0. The molecule has 1 aliphatic heterocycles. The highest BCUT2D eigenvalue weighted by atomic mass is 19.1. The zero-order valence-electron chi connectivity index (χ0n) is 14.1. The third-order valence-electron chi connectivity index (χ3n) is 4.60. The van der Waals surface area contributed by atoms with Gasteiger partial charge in [0.25, 0.3) is 0 Å². The molecule has 1 amide bonds. The summed E-state index contributed by atoms with van der Waals surface area (Å²) in [6.45, 7) is 0.685. The van der Waals surface area contributed by atoms with E-state index in [0.29, 0.717) is 30.2 Å². The lowest BCUT2D eigenvalue weighted by Crippen LogP contribution is -2.32. The summed E-state index contributed by atoms with van der Waals surface area (Å²) in [5.41, 5.74) is 1.67. The molecule has 1 aromatic heterocycles. The Morgan fingerprint density at radius 1 is 1.15 bits per heavy atom. The van der Waals surface area contributed by atoms with E-state index in [4.69, 9.17) is 4.52 Å². The predicted octanol–water partition coefficient (Wildman–Crippen LogP) is 3.78. The van der Waals surface area contributed by atoms with Crippen molar-refractivity contribution in [2.45, 2.75) is 25.3 Å². The van der Waals surface area contributed by atoms with Gasteiger partial charge in [-0.15, -0.1) is 0 Å². The number of nitrogens with zero attached hydrogens (tertiary/aromatic N) is 3. The van der Waals surface area contributed by atoms with Crippen LogP contribution in [-0.2, 0) is 11.2 Å². The highest BCUT2D eigenvalue weighted by Crippen LogP contribution is 2.32. The molecule has 2 heterocycles. The van der Waals surface area contributed by atoms with Crippen LogP contribution < -0.4 is 0 Å². The SMILES string of the molecule is O=C(Cc1ccccc1)N1CCCC1c1nc(-c2ccc(F)cc2)no1. The van der Waals surface area contributed by atoms with Gasteiger partial charge in [-0.25, -0.2) is 4.39 Å². The number of hydrogen-bond donors (Lipinski definition) is 0. The van der Waals surface area contributed by atoms with E-state index >= 15 is 0 Å². The molecule has 0 spiro atoms. The van der Waals surface area contributed by atoms with E-state index in [1.54, 1.807) is 12.1 Å². The second kappa shape index (κ2) is 7.07. The van der Waals surface area contributed by atoms with Gasteiger partial charge in [0.15, 0.2) is 0 Å². The lowest BCUT2D eigenvalue weighted by atomic mass is 10.1. The van der Waals surface area contributed by atoms with Crippen LogP contribution >= 0.6 is 0 Å². The number of amides is 1. The Morgan fingerprint density at radius 3 is 2.69 bits per heavy atom. The minimum atomic E-state index is -0.314. The van der Waals surface area contributed by atoms with Crippen molar-refractivity contribution in [1.29, 1.82) is 0 Å². The molecule has 0 bridgehead atoms. The molecular formula is C20H18FN3O2. The number of halogens is 1. The zero-order valence-corrected chi connectivity index (χ0v) is 14.1. The predicted molar refractivity (Wildman–Crippen MR) is 93.5 cm³/mol. The van der Waals surface area contributed by atoms with Crippen molar-refractivity contribution in [3.63, 3.8) is 0 Å². The van der Waals surface area contributed by atoms with Crippen LogP contribution in [0.1, 0.15) is 30.3 Å². The van der Waals surface area contributed by atoms with Crippen LogP contribution in [0.4, 0.5) is 4.39 Å². The number of rotatable bonds is 4. The smallest absolute Gasteiger partial charge is 0.249 e. The highest BCUT2D eigenvalue weighted by Gasteiger charge is 2.34. The Hall–Kier alpha value is -3.02. The summed E-state index contributed by atoms with van der Waals surface area (Å²) in [5, 5.41) is 3.99. The van der Waals surface area contributed by atoms with Gasteiger partial charge in [0.2, 0.25) is 17.6 Å². The number of hydrogen-bond acceptors (Lipinski definition) is 4. The maximum absolute atomic E-state index is 13.1. The molecule has 0 N–H and O–H groups in total. The van der Waals surface area contributed by atoms with Gasteiger partial charge in [-0.05, 0) is 42.7 Å². The van der Waals surface area contributed by atoms with Gasteiger partial charge in [-0.1, -0.05) is 35.5 Å². The van der Waals surface area contributed by atoms with Crippen LogP contribution in [0, 0.1) is 5.82 Å². The van der Waals surface area contributed by atoms with Gasteiger partial charge in [0.1, 0.15) is 11.9 Å². The molecule has 5 nitrogen and oxygen atoms in total. The summed E-state index contributed by atoms with van der Waals surface area (Å²) in [7, 11) is 0. The Kier molecular flexibility index (Phi) is 4.48. The van der Waals surface area contributed by atoms with Crippen molar-refractivity contribution < 1.29 is 13.7 Å². The Labute approximate surface area is 150 Å². The molecule has 0 radical (unpaired) electrons. The van der Waals surface area contributed by atoms with Crippen molar-refractivity contribution in [2.75, 3.05) is 6.54 Å². The maximum atomic E-state index is 13.1. The molecule has 4 rings (SSSR count). The minimum Gasteiger partial charge on any atom is -0.337 e. The first-order valence-corrected chi connectivity index (χ1v) is 8.63. The van der Waals surface area contributed by atoms with E-state index in [0.717, 1.165) is 18.4 Å². The van der Waals surface area contributed by atoms with Gasteiger partial charge in [0.05, 0.1) is 6.42 Å². The summed E-state index contributed by atoms with van der Waals surface area (Å²) in [6, 6.07) is 15.4. The van der Waals surface area contributed by atoms with Crippen molar-refractivity contribution >= 4 is 5.91 Å². The van der Waals surface area contributed by atoms with E-state index in [2.05, 4.69) is 10.1 Å². The van der Waals surface area contributed by atoms with E-state index in [1.165, 1.54) is 12.1 Å². The van der Waals surface area contributed by atoms with Crippen molar-refractivity contribution in [3.05, 3.63) is 71.9 Å². The van der Waals surface area contributed by atoms with Crippen LogP contribution in [0.15, 0.2) is 59.1 Å². The molecular weight excluding hydrogens is 333 g/mol. The van der Waals surface area contributed by atoms with Gasteiger partial charge >= 0.3 is 0 Å². The van der Waals surface area contributed by atoms with Gasteiger partial charge in [-0.3, -0.25) is 4.79 Å². The lowest BCUT2D eigenvalue weighted by Gasteiger charge is -2.21. The second-order valence-electron chi connectivity index (χ2n) is 6.37. The minimum absolute atomic E-state index is 0.0558. The number of carbonyl (C=O) groups excluding carboxylic acids is 1. The monoisotopic (exact) mass is 351 g/mol. The fraction of sp³-hybridized carbons (Fsp3) is 0.250. The van der Waals surface area contributed by atoms with Crippen LogP contribution in [0.5, 0.6) is 0 Å². The summed E-state index contributed by atoms with van der Waals surface area (Å²) < 4.78 is 18.5. The first kappa shape index (κ1) is 16.4. The molecule has 0 saturated carbocycles. The quantitative estimate of drug-likeness (QED) is 0.718. The molecule has 1 unspecified atom stereocenters. The first-order valence-electron chi connectivity index (χ1n) is 8.63. The molecule has 1 aliphatic rings. The largest absolute Gasteiger partial charge is 0.337 e. The van der Waals surface area contributed by atoms with Crippen LogP contribution in [-0.4, -0.2) is 27.5 Å². The standard InChI is InChI=1S/C20H18FN3O2/c21-16-10-8-15(9-11-16)19-22-20(26-23-19)17-7-4-12-24(17)18(25)13-14-5-2-1-3-6-14/h1-3,5-6,8-11,17H,4,7,12-13H2. The Morgan fingerprint density at radius 2 is 1.92 bits per heavy atom. The van der Waals surface area contributed by atoms with Crippen molar-refractivity contribution in [3.8, 4) is 11.4 Å². The van der Waals surface area contributed by atoms with E-state index in [1.807, 2.05) is 35.2 Å².